The van der Waals surface area contributed by atoms with Crippen LogP contribution in [0.4, 0.5) is 0 Å². The first-order valence-electron chi connectivity index (χ1n) is 4.90. The second-order valence-electron chi connectivity index (χ2n) is 3.07. The van der Waals surface area contributed by atoms with Crippen LogP contribution in [0.15, 0.2) is 0 Å². The number of nitrogens with two attached hydrogens (primary N) is 1. The van der Waals surface area contributed by atoms with E-state index in [9.17, 15) is 0 Å². The summed E-state index contributed by atoms with van der Waals surface area (Å²) in [5.74, 6) is -0.707. The minimum Gasteiger partial charge on any atom is -0.358 e. The molecule has 1 rings (SSSR count). The van der Waals surface area contributed by atoms with E-state index < -0.39 is 12.0 Å². The van der Waals surface area contributed by atoms with E-state index in [0.717, 1.165) is 12.8 Å². The summed E-state index contributed by atoms with van der Waals surface area (Å²) in [5, 5.41) is 0. The lowest BCUT2D eigenvalue weighted by atomic mass is 10.1. The summed E-state index contributed by atoms with van der Waals surface area (Å²) >= 11 is 0. The van der Waals surface area contributed by atoms with Gasteiger partial charge in [0.25, 0.3) is 0 Å². The average molecular weight is 189 g/mol. The van der Waals surface area contributed by atoms with E-state index in [1.165, 1.54) is 0 Å². The van der Waals surface area contributed by atoms with Gasteiger partial charge in [0.05, 0.1) is 0 Å². The van der Waals surface area contributed by atoms with Gasteiger partial charge < -0.3 is 19.9 Å². The van der Waals surface area contributed by atoms with Crippen molar-refractivity contribution in [2.24, 2.45) is 5.73 Å². The predicted molar refractivity (Wildman–Crippen MR) is 49.1 cm³/mol. The highest BCUT2D eigenvalue weighted by molar-refractivity contribution is 4.80. The molecular weight excluding hydrogens is 170 g/mol. The molecule has 1 saturated heterocycles. The molecule has 78 valence electrons. The van der Waals surface area contributed by atoms with Gasteiger partial charge in [-0.15, -0.1) is 0 Å². The molecule has 13 heavy (non-hydrogen) atoms. The maximum Gasteiger partial charge on any atom is 0.208 e. The molecule has 1 aliphatic rings. The normalized spacial score (nSPS) is 27.5. The van der Waals surface area contributed by atoms with E-state index in [4.69, 9.17) is 19.9 Å². The highest BCUT2D eigenvalue weighted by atomic mass is 16.7. The van der Waals surface area contributed by atoms with Gasteiger partial charge in [-0.1, -0.05) is 0 Å². The van der Waals surface area contributed by atoms with Gasteiger partial charge in [-0.2, -0.15) is 0 Å². The van der Waals surface area contributed by atoms with Gasteiger partial charge >= 0.3 is 0 Å². The molecule has 0 bridgehead atoms. The van der Waals surface area contributed by atoms with Crippen LogP contribution >= 0.6 is 0 Å². The molecule has 1 fully saturated rings. The zero-order valence-electron chi connectivity index (χ0n) is 8.41. The Kier molecular flexibility index (Phi) is 4.12. The first-order chi connectivity index (χ1) is 6.25. The van der Waals surface area contributed by atoms with Gasteiger partial charge in [0.1, 0.15) is 0 Å². The van der Waals surface area contributed by atoms with Crippen LogP contribution in [0, 0.1) is 0 Å². The van der Waals surface area contributed by atoms with Gasteiger partial charge in [-0.25, -0.2) is 0 Å². The average Bonchev–Trinajstić information content (AvgIpc) is 2.11. The summed E-state index contributed by atoms with van der Waals surface area (Å²) in [4.78, 5) is 0. The quantitative estimate of drug-likeness (QED) is 0.666. The van der Waals surface area contributed by atoms with Crippen LogP contribution in [-0.2, 0) is 14.2 Å². The van der Waals surface area contributed by atoms with Crippen molar-refractivity contribution in [1.29, 1.82) is 0 Å². The molecular formula is C9H19NO3. The highest BCUT2D eigenvalue weighted by Gasteiger charge is 2.41. The lowest BCUT2D eigenvalue weighted by molar-refractivity contribution is -0.307. The zero-order valence-corrected chi connectivity index (χ0v) is 8.41. The molecule has 0 spiro atoms. The Hall–Kier alpha value is -0.160. The Morgan fingerprint density at radius 2 is 2.00 bits per heavy atom. The summed E-state index contributed by atoms with van der Waals surface area (Å²) in [6.45, 7) is 5.75. The Morgan fingerprint density at radius 1 is 1.38 bits per heavy atom. The molecule has 2 N–H and O–H groups in total. The highest BCUT2D eigenvalue weighted by Crippen LogP contribution is 2.28. The molecule has 4 nitrogen and oxygen atoms in total. The summed E-state index contributed by atoms with van der Waals surface area (Å²) in [6, 6.07) is 0. The van der Waals surface area contributed by atoms with Gasteiger partial charge in [-0.3, -0.25) is 0 Å². The number of ether oxygens (including phenoxy) is 3. The van der Waals surface area contributed by atoms with Crippen LogP contribution in [-0.4, -0.2) is 31.8 Å². The lowest BCUT2D eigenvalue weighted by Gasteiger charge is -2.40. The Morgan fingerprint density at radius 3 is 2.46 bits per heavy atom. The van der Waals surface area contributed by atoms with Crippen molar-refractivity contribution in [3.63, 3.8) is 0 Å². The molecule has 0 radical (unpaired) electrons. The molecule has 0 aromatic heterocycles. The van der Waals surface area contributed by atoms with Crippen LogP contribution in [0.3, 0.4) is 0 Å². The minimum atomic E-state index is -0.707. The SMILES string of the molecule is CCOC1(OCC)CCCOC1N. The number of rotatable bonds is 4. The van der Waals surface area contributed by atoms with Crippen LogP contribution in [0.2, 0.25) is 0 Å². The molecule has 0 aromatic carbocycles. The Balaban J connectivity index is 2.61. The first-order valence-corrected chi connectivity index (χ1v) is 4.90. The molecule has 0 aliphatic carbocycles. The maximum absolute atomic E-state index is 5.81. The van der Waals surface area contributed by atoms with Gasteiger partial charge in [0, 0.05) is 26.2 Å². The fourth-order valence-electron chi connectivity index (χ4n) is 1.64. The molecule has 4 heteroatoms. The van der Waals surface area contributed by atoms with E-state index in [1.54, 1.807) is 0 Å². The fraction of sp³-hybridized carbons (Fsp3) is 1.00. The third kappa shape index (κ3) is 2.40. The van der Waals surface area contributed by atoms with Crippen LogP contribution in [0.25, 0.3) is 0 Å². The van der Waals surface area contributed by atoms with E-state index in [-0.39, 0.29) is 0 Å². The molecule has 1 heterocycles. The maximum atomic E-state index is 5.81. The standard InChI is InChI=1S/C9H19NO3/c1-3-12-9(13-4-2)6-5-7-11-8(9)10/h8H,3-7,10H2,1-2H3. The van der Waals surface area contributed by atoms with Crippen LogP contribution in [0.5, 0.6) is 0 Å². The number of hydrogen-bond donors (Lipinski definition) is 1. The molecule has 1 unspecified atom stereocenters. The summed E-state index contributed by atoms with van der Waals surface area (Å²) < 4.78 is 16.4. The largest absolute Gasteiger partial charge is 0.358 e. The first kappa shape index (κ1) is 10.9. The zero-order chi connectivity index (χ0) is 9.73. The van der Waals surface area contributed by atoms with Gasteiger partial charge in [0.15, 0.2) is 6.23 Å². The van der Waals surface area contributed by atoms with Crippen molar-refractivity contribution in [1.82, 2.24) is 0 Å². The van der Waals surface area contributed by atoms with E-state index in [1.807, 2.05) is 13.8 Å². The molecule has 0 aromatic rings. The Labute approximate surface area is 79.3 Å². The third-order valence-corrected chi connectivity index (χ3v) is 2.18. The number of hydrogen-bond acceptors (Lipinski definition) is 4. The fourth-order valence-corrected chi connectivity index (χ4v) is 1.64. The van der Waals surface area contributed by atoms with E-state index >= 15 is 0 Å². The van der Waals surface area contributed by atoms with E-state index in [2.05, 4.69) is 0 Å². The van der Waals surface area contributed by atoms with Crippen LogP contribution < -0.4 is 5.73 Å². The lowest BCUT2D eigenvalue weighted by Crippen LogP contribution is -2.56. The minimum absolute atomic E-state index is 0.457. The van der Waals surface area contributed by atoms with Crippen molar-refractivity contribution >= 4 is 0 Å². The van der Waals surface area contributed by atoms with Crippen molar-refractivity contribution in [2.45, 2.75) is 38.7 Å². The van der Waals surface area contributed by atoms with Crippen LogP contribution in [0.1, 0.15) is 26.7 Å². The second-order valence-corrected chi connectivity index (χ2v) is 3.07. The van der Waals surface area contributed by atoms with E-state index in [0.29, 0.717) is 19.8 Å². The van der Waals surface area contributed by atoms with Gasteiger partial charge in [0.2, 0.25) is 5.79 Å². The summed E-state index contributed by atoms with van der Waals surface area (Å²) in [7, 11) is 0. The molecule has 0 amide bonds. The van der Waals surface area contributed by atoms with Gasteiger partial charge in [-0.05, 0) is 20.3 Å². The van der Waals surface area contributed by atoms with Crippen molar-refractivity contribution in [2.75, 3.05) is 19.8 Å². The topological polar surface area (TPSA) is 53.7 Å². The predicted octanol–water partition coefficient (Wildman–Crippen LogP) is 0.851. The third-order valence-electron chi connectivity index (χ3n) is 2.18. The van der Waals surface area contributed by atoms with Crippen molar-refractivity contribution in [3.8, 4) is 0 Å². The van der Waals surface area contributed by atoms with Crippen molar-refractivity contribution in [3.05, 3.63) is 0 Å². The molecule has 1 atom stereocenters. The Bertz CT molecular complexity index is 140. The summed E-state index contributed by atoms with van der Waals surface area (Å²) in [5.41, 5.74) is 5.81. The smallest absolute Gasteiger partial charge is 0.208 e. The summed E-state index contributed by atoms with van der Waals surface area (Å²) in [6.07, 6.45) is 1.30. The molecule has 1 aliphatic heterocycles. The second kappa shape index (κ2) is 4.91. The monoisotopic (exact) mass is 189 g/mol. The molecule has 0 saturated carbocycles. The van der Waals surface area contributed by atoms with Crippen molar-refractivity contribution < 1.29 is 14.2 Å².